The number of hydrogen-bond donors (Lipinski definition) is 0. The molecule has 0 heteroatoms. The van der Waals surface area contributed by atoms with E-state index in [2.05, 4.69) is 54.6 Å². The first-order valence-electron chi connectivity index (χ1n) is 5.39. The summed E-state index contributed by atoms with van der Waals surface area (Å²) in [6.45, 7) is 0. The summed E-state index contributed by atoms with van der Waals surface area (Å²) in [7, 11) is 0. The van der Waals surface area contributed by atoms with E-state index in [1.54, 1.807) is 0 Å². The first-order chi connectivity index (χ1) is 7.93. The van der Waals surface area contributed by atoms with Gasteiger partial charge in [0, 0.05) is 0 Å². The van der Waals surface area contributed by atoms with Gasteiger partial charge in [0.25, 0.3) is 0 Å². The standard InChI is InChI=1S/C16H8/c1-3-11-7-9-13-5-2-6-14-10-8-12(4-1)15(11)16(13)14/h1-5,7-8,10H. The lowest BCUT2D eigenvalue weighted by Gasteiger charge is -2.09. The third kappa shape index (κ3) is 0.892. The topological polar surface area (TPSA) is 0 Å². The van der Waals surface area contributed by atoms with Crippen LogP contribution in [-0.2, 0) is 0 Å². The molecular weight excluding hydrogens is 192 g/mol. The van der Waals surface area contributed by atoms with Gasteiger partial charge in [-0.25, -0.2) is 0 Å². The predicted octanol–water partition coefficient (Wildman–Crippen LogP) is 4.18. The summed E-state index contributed by atoms with van der Waals surface area (Å²) in [5.74, 6) is 0. The van der Waals surface area contributed by atoms with E-state index in [4.69, 9.17) is 0 Å². The number of rotatable bonds is 0. The molecule has 4 rings (SSSR count). The fourth-order valence-electron chi connectivity index (χ4n) is 2.50. The van der Waals surface area contributed by atoms with Gasteiger partial charge in [-0.15, -0.1) is 0 Å². The number of hydrogen-bond acceptors (Lipinski definition) is 0. The number of benzene rings is 4. The van der Waals surface area contributed by atoms with Gasteiger partial charge in [0.2, 0.25) is 0 Å². The Balaban J connectivity index is 2.51. The van der Waals surface area contributed by atoms with Crippen molar-refractivity contribution in [3.8, 4) is 0 Å². The Kier molecular flexibility index (Phi) is 1.39. The van der Waals surface area contributed by atoms with Gasteiger partial charge < -0.3 is 0 Å². The van der Waals surface area contributed by atoms with Crippen molar-refractivity contribution in [2.24, 2.45) is 0 Å². The van der Waals surface area contributed by atoms with Crippen LogP contribution in [-0.4, -0.2) is 0 Å². The Labute approximate surface area is 93.5 Å². The van der Waals surface area contributed by atoms with Crippen molar-refractivity contribution in [2.75, 3.05) is 0 Å². The molecule has 0 amide bonds. The molecule has 16 heavy (non-hydrogen) atoms. The maximum atomic E-state index is 3.34. The zero-order valence-electron chi connectivity index (χ0n) is 8.62. The van der Waals surface area contributed by atoms with E-state index in [9.17, 15) is 0 Å². The molecule has 0 aliphatic carbocycles. The summed E-state index contributed by atoms with van der Waals surface area (Å²) < 4.78 is 0. The molecule has 0 heterocycles. The highest BCUT2D eigenvalue weighted by molar-refractivity contribution is 6.22. The smallest absolute Gasteiger partial charge is 0.00143 e. The Bertz CT molecular complexity index is 667. The van der Waals surface area contributed by atoms with Gasteiger partial charge in [-0.3, -0.25) is 0 Å². The summed E-state index contributed by atoms with van der Waals surface area (Å²) in [5, 5.41) is 7.54. The van der Waals surface area contributed by atoms with Crippen LogP contribution in [0.15, 0.2) is 48.5 Å². The summed E-state index contributed by atoms with van der Waals surface area (Å²) in [4.78, 5) is 0. The third-order valence-corrected chi connectivity index (χ3v) is 3.22. The van der Waals surface area contributed by atoms with E-state index in [0.29, 0.717) is 0 Å². The molecule has 0 bridgehead atoms. The third-order valence-electron chi connectivity index (χ3n) is 3.22. The molecule has 0 saturated heterocycles. The normalized spacial score (nSPS) is 11.8. The average Bonchev–Trinajstić information content (AvgIpc) is 2.36. The Morgan fingerprint density at radius 3 is 2.56 bits per heavy atom. The van der Waals surface area contributed by atoms with Crippen LogP contribution in [0.5, 0.6) is 0 Å². The Hall–Kier alpha value is -2.08. The van der Waals surface area contributed by atoms with Gasteiger partial charge in [0.1, 0.15) is 0 Å². The molecule has 4 aromatic carbocycles. The van der Waals surface area contributed by atoms with Crippen molar-refractivity contribution in [3.05, 3.63) is 60.7 Å². The first-order valence-corrected chi connectivity index (χ1v) is 5.39. The molecular formula is C16H8. The molecule has 2 radical (unpaired) electrons. The summed E-state index contributed by atoms with van der Waals surface area (Å²) in [5.41, 5.74) is 0. The molecule has 0 aromatic heterocycles. The SMILES string of the molecule is [c]1cc2cccc3ccc4[c]ccc1c4c23. The van der Waals surface area contributed by atoms with Crippen LogP contribution in [0.25, 0.3) is 32.3 Å². The molecule has 0 spiro atoms. The molecule has 0 nitrogen and oxygen atoms in total. The van der Waals surface area contributed by atoms with Gasteiger partial charge >= 0.3 is 0 Å². The fourth-order valence-corrected chi connectivity index (χ4v) is 2.50. The van der Waals surface area contributed by atoms with Crippen LogP contribution in [0.1, 0.15) is 0 Å². The van der Waals surface area contributed by atoms with Gasteiger partial charge in [-0.05, 0) is 50.5 Å². The van der Waals surface area contributed by atoms with Crippen LogP contribution >= 0.6 is 0 Å². The largest absolute Gasteiger partial charge is 0.0610 e. The van der Waals surface area contributed by atoms with Crippen LogP contribution in [0.3, 0.4) is 0 Å². The molecule has 4 aromatic rings. The molecule has 0 aliphatic heterocycles. The minimum atomic E-state index is 1.18. The molecule has 0 fully saturated rings. The Morgan fingerprint density at radius 2 is 1.56 bits per heavy atom. The van der Waals surface area contributed by atoms with Gasteiger partial charge in [-0.2, -0.15) is 0 Å². The average molecular weight is 200 g/mol. The minimum absolute atomic E-state index is 1.18. The van der Waals surface area contributed by atoms with Crippen molar-refractivity contribution in [2.45, 2.75) is 0 Å². The van der Waals surface area contributed by atoms with Crippen molar-refractivity contribution in [3.63, 3.8) is 0 Å². The Morgan fingerprint density at radius 1 is 0.688 bits per heavy atom. The summed E-state index contributed by atoms with van der Waals surface area (Å²) in [6.07, 6.45) is 0. The molecule has 0 saturated carbocycles. The molecule has 0 unspecified atom stereocenters. The van der Waals surface area contributed by atoms with E-state index in [1.165, 1.54) is 32.3 Å². The van der Waals surface area contributed by atoms with Crippen LogP contribution in [0.4, 0.5) is 0 Å². The van der Waals surface area contributed by atoms with Crippen molar-refractivity contribution in [1.82, 2.24) is 0 Å². The maximum Gasteiger partial charge on any atom is -0.00143 e. The van der Waals surface area contributed by atoms with Crippen LogP contribution < -0.4 is 0 Å². The fraction of sp³-hybridized carbons (Fsp3) is 0. The van der Waals surface area contributed by atoms with Crippen molar-refractivity contribution in [1.29, 1.82) is 0 Å². The molecule has 0 aliphatic rings. The highest BCUT2D eigenvalue weighted by Gasteiger charge is 2.06. The van der Waals surface area contributed by atoms with Crippen molar-refractivity contribution >= 4 is 32.3 Å². The monoisotopic (exact) mass is 200 g/mol. The highest BCUT2D eigenvalue weighted by atomic mass is 14.1. The second-order valence-electron chi connectivity index (χ2n) is 4.11. The summed E-state index contributed by atoms with van der Waals surface area (Å²) in [6, 6.07) is 23.5. The molecule has 0 N–H and O–H groups in total. The quantitative estimate of drug-likeness (QED) is 0.373. The predicted molar refractivity (Wildman–Crippen MR) is 67.8 cm³/mol. The lowest BCUT2D eigenvalue weighted by Crippen LogP contribution is -1.82. The lowest BCUT2D eigenvalue weighted by molar-refractivity contribution is 1.76. The van der Waals surface area contributed by atoms with E-state index < -0.39 is 0 Å². The van der Waals surface area contributed by atoms with E-state index >= 15 is 0 Å². The van der Waals surface area contributed by atoms with Crippen LogP contribution in [0, 0.1) is 12.1 Å². The van der Waals surface area contributed by atoms with E-state index in [1.807, 2.05) is 6.07 Å². The van der Waals surface area contributed by atoms with Crippen LogP contribution in [0.2, 0.25) is 0 Å². The maximum absolute atomic E-state index is 3.34. The summed E-state index contributed by atoms with van der Waals surface area (Å²) >= 11 is 0. The zero-order valence-corrected chi connectivity index (χ0v) is 8.62. The molecule has 0 atom stereocenters. The van der Waals surface area contributed by atoms with Gasteiger partial charge in [-0.1, -0.05) is 42.5 Å². The van der Waals surface area contributed by atoms with Gasteiger partial charge in [0.15, 0.2) is 0 Å². The second-order valence-corrected chi connectivity index (χ2v) is 4.11. The minimum Gasteiger partial charge on any atom is -0.0610 e. The first kappa shape index (κ1) is 8.12. The van der Waals surface area contributed by atoms with E-state index in [-0.39, 0.29) is 0 Å². The van der Waals surface area contributed by atoms with Gasteiger partial charge in [0.05, 0.1) is 0 Å². The lowest BCUT2D eigenvalue weighted by atomic mass is 9.95. The van der Waals surface area contributed by atoms with Crippen molar-refractivity contribution < 1.29 is 0 Å². The highest BCUT2D eigenvalue weighted by Crippen LogP contribution is 2.33. The van der Waals surface area contributed by atoms with E-state index in [0.717, 1.165) is 0 Å². The second kappa shape index (κ2) is 2.73. The molecule has 72 valence electrons. The zero-order chi connectivity index (χ0) is 10.5.